The van der Waals surface area contributed by atoms with E-state index in [1.165, 1.54) is 14.2 Å². The number of rotatable bonds is 11. The third kappa shape index (κ3) is 6.25. The molecule has 32 heavy (non-hydrogen) atoms. The molecule has 1 aliphatic heterocycles. The number of esters is 1. The summed E-state index contributed by atoms with van der Waals surface area (Å²) in [5.41, 5.74) is 1.97. The average Bonchev–Trinajstić information content (AvgIpc) is 2.85. The smallest absolute Gasteiger partial charge is 0.337 e. The van der Waals surface area contributed by atoms with Crippen LogP contribution in [0.25, 0.3) is 0 Å². The maximum absolute atomic E-state index is 12.5. The maximum Gasteiger partial charge on any atom is 0.337 e. The van der Waals surface area contributed by atoms with Gasteiger partial charge in [0.25, 0.3) is 0 Å². The van der Waals surface area contributed by atoms with Gasteiger partial charge in [0.15, 0.2) is 12.4 Å². The summed E-state index contributed by atoms with van der Waals surface area (Å²) in [6.07, 6.45) is -2.38. The predicted molar refractivity (Wildman–Crippen MR) is 118 cm³/mol. The molecule has 7 nitrogen and oxygen atoms in total. The van der Waals surface area contributed by atoms with Gasteiger partial charge in [0, 0.05) is 7.11 Å². The van der Waals surface area contributed by atoms with E-state index in [-0.39, 0.29) is 6.61 Å². The summed E-state index contributed by atoms with van der Waals surface area (Å²) in [7, 11) is 2.80. The van der Waals surface area contributed by atoms with Crippen LogP contribution in [0.5, 0.6) is 0 Å². The molecule has 172 valence electrons. The SMILES string of the molecule is C=CCO[C@@H]1O[C@H](C(=O)OC)[C@H](OC)[C@H](OCc2ccccc2)[C@H]1OCc1ccccc1. The van der Waals surface area contributed by atoms with E-state index < -0.39 is 36.7 Å². The Balaban J connectivity index is 1.86. The molecule has 0 radical (unpaired) electrons. The first kappa shape index (κ1) is 24.1. The minimum atomic E-state index is -1.03. The molecule has 0 unspecified atom stereocenters. The van der Waals surface area contributed by atoms with E-state index in [0.29, 0.717) is 13.2 Å². The van der Waals surface area contributed by atoms with Gasteiger partial charge in [0.1, 0.15) is 18.3 Å². The number of hydrogen-bond acceptors (Lipinski definition) is 7. The summed E-state index contributed by atoms with van der Waals surface area (Å²) in [4.78, 5) is 12.5. The van der Waals surface area contributed by atoms with Crippen molar-refractivity contribution < 1.29 is 33.2 Å². The van der Waals surface area contributed by atoms with Crippen LogP contribution in [0.4, 0.5) is 0 Å². The second kappa shape index (κ2) is 12.5. The quantitative estimate of drug-likeness (QED) is 0.391. The fraction of sp³-hybridized carbons (Fsp3) is 0.400. The monoisotopic (exact) mass is 442 g/mol. The van der Waals surface area contributed by atoms with Gasteiger partial charge in [-0.2, -0.15) is 0 Å². The van der Waals surface area contributed by atoms with Gasteiger partial charge in [0.2, 0.25) is 0 Å². The molecule has 1 fully saturated rings. The van der Waals surface area contributed by atoms with E-state index >= 15 is 0 Å². The molecule has 1 aliphatic rings. The zero-order chi connectivity index (χ0) is 22.8. The average molecular weight is 443 g/mol. The third-order valence-electron chi connectivity index (χ3n) is 5.15. The van der Waals surface area contributed by atoms with E-state index in [0.717, 1.165) is 11.1 Å². The summed E-state index contributed by atoms with van der Waals surface area (Å²) in [6, 6.07) is 19.5. The highest BCUT2D eigenvalue weighted by Crippen LogP contribution is 2.30. The summed E-state index contributed by atoms with van der Waals surface area (Å²) >= 11 is 0. The highest BCUT2D eigenvalue weighted by molar-refractivity contribution is 5.75. The Kier molecular flexibility index (Phi) is 9.40. The normalized spacial score (nSPS) is 25.2. The zero-order valence-corrected chi connectivity index (χ0v) is 18.4. The van der Waals surface area contributed by atoms with Crippen molar-refractivity contribution >= 4 is 5.97 Å². The largest absolute Gasteiger partial charge is 0.467 e. The van der Waals surface area contributed by atoms with Crippen molar-refractivity contribution in [2.24, 2.45) is 0 Å². The van der Waals surface area contributed by atoms with E-state index in [4.69, 9.17) is 28.4 Å². The Bertz CT molecular complexity index is 827. The van der Waals surface area contributed by atoms with Crippen LogP contribution in [0.1, 0.15) is 11.1 Å². The van der Waals surface area contributed by atoms with Gasteiger partial charge in [-0.15, -0.1) is 6.58 Å². The Hall–Kier alpha value is -2.55. The first-order valence-corrected chi connectivity index (χ1v) is 10.5. The van der Waals surface area contributed by atoms with Gasteiger partial charge in [0.05, 0.1) is 26.9 Å². The Morgan fingerprint density at radius 3 is 1.94 bits per heavy atom. The van der Waals surface area contributed by atoms with Crippen molar-refractivity contribution in [1.82, 2.24) is 0 Å². The standard InChI is InChI=1S/C25H30O7/c1-4-15-29-25-23(31-17-19-13-9-6-10-14-19)21(30-16-18-11-7-5-8-12-18)20(27-2)22(32-25)24(26)28-3/h4-14,20-23,25H,1,15-17H2,2-3H3/t20-,21+,22+,23-,25-/m1/s1. The lowest BCUT2D eigenvalue weighted by Crippen LogP contribution is -2.62. The molecule has 2 aromatic carbocycles. The van der Waals surface area contributed by atoms with E-state index in [1.807, 2.05) is 60.7 Å². The highest BCUT2D eigenvalue weighted by atomic mass is 16.7. The fourth-order valence-electron chi connectivity index (χ4n) is 3.57. The minimum Gasteiger partial charge on any atom is -0.467 e. The minimum absolute atomic E-state index is 0.215. The second-order valence-corrected chi connectivity index (χ2v) is 7.29. The molecule has 0 amide bonds. The van der Waals surface area contributed by atoms with Gasteiger partial charge in [-0.05, 0) is 11.1 Å². The molecule has 7 heteroatoms. The molecule has 0 aromatic heterocycles. The molecular formula is C25H30O7. The van der Waals surface area contributed by atoms with Gasteiger partial charge in [-0.25, -0.2) is 4.79 Å². The van der Waals surface area contributed by atoms with Crippen LogP contribution >= 0.6 is 0 Å². The third-order valence-corrected chi connectivity index (χ3v) is 5.15. The van der Waals surface area contributed by atoms with Gasteiger partial charge < -0.3 is 28.4 Å². The lowest BCUT2D eigenvalue weighted by Gasteiger charge is -2.44. The van der Waals surface area contributed by atoms with Crippen molar-refractivity contribution in [3.05, 3.63) is 84.4 Å². The van der Waals surface area contributed by atoms with Crippen LogP contribution < -0.4 is 0 Å². The number of ether oxygens (including phenoxy) is 6. The molecule has 0 aliphatic carbocycles. The number of carbonyl (C=O) groups excluding carboxylic acids is 1. The molecule has 0 spiro atoms. The van der Waals surface area contributed by atoms with E-state index in [9.17, 15) is 4.79 Å². The first-order valence-electron chi connectivity index (χ1n) is 10.5. The second-order valence-electron chi connectivity index (χ2n) is 7.29. The lowest BCUT2D eigenvalue weighted by molar-refractivity contribution is -0.314. The molecule has 0 bridgehead atoms. The molecule has 3 rings (SSSR count). The van der Waals surface area contributed by atoms with Crippen LogP contribution in [-0.4, -0.2) is 57.5 Å². The Morgan fingerprint density at radius 1 is 0.875 bits per heavy atom. The van der Waals surface area contributed by atoms with E-state index in [1.54, 1.807) is 6.08 Å². The van der Waals surface area contributed by atoms with Gasteiger partial charge in [-0.3, -0.25) is 0 Å². The van der Waals surface area contributed by atoms with Gasteiger partial charge >= 0.3 is 5.97 Å². The van der Waals surface area contributed by atoms with Crippen molar-refractivity contribution in [3.8, 4) is 0 Å². The number of carbonyl (C=O) groups is 1. The predicted octanol–water partition coefficient (Wildman–Crippen LogP) is 3.27. The summed E-state index contributed by atoms with van der Waals surface area (Å²) in [5.74, 6) is -0.570. The molecule has 2 aromatic rings. The van der Waals surface area contributed by atoms with Crippen LogP contribution in [0, 0.1) is 0 Å². The Morgan fingerprint density at radius 2 is 1.44 bits per heavy atom. The van der Waals surface area contributed by atoms with Crippen LogP contribution in [0.15, 0.2) is 73.3 Å². The molecule has 0 N–H and O–H groups in total. The lowest BCUT2D eigenvalue weighted by atomic mass is 9.97. The molecular weight excluding hydrogens is 412 g/mol. The van der Waals surface area contributed by atoms with Crippen LogP contribution in [0.2, 0.25) is 0 Å². The molecule has 5 atom stereocenters. The maximum atomic E-state index is 12.5. The van der Waals surface area contributed by atoms with Crippen molar-refractivity contribution in [2.45, 2.75) is 43.9 Å². The first-order chi connectivity index (χ1) is 15.7. The fourth-order valence-corrected chi connectivity index (χ4v) is 3.57. The van der Waals surface area contributed by atoms with Crippen molar-refractivity contribution in [1.29, 1.82) is 0 Å². The topological polar surface area (TPSA) is 72.5 Å². The number of benzene rings is 2. The molecule has 1 saturated heterocycles. The molecule has 0 saturated carbocycles. The molecule has 1 heterocycles. The number of methoxy groups -OCH3 is 2. The highest BCUT2D eigenvalue weighted by Gasteiger charge is 2.51. The summed E-state index contributed by atoms with van der Waals surface area (Å²) in [6.45, 7) is 4.52. The van der Waals surface area contributed by atoms with Gasteiger partial charge in [-0.1, -0.05) is 66.7 Å². The summed E-state index contributed by atoms with van der Waals surface area (Å²) in [5, 5.41) is 0. The number of hydrogen-bond donors (Lipinski definition) is 0. The summed E-state index contributed by atoms with van der Waals surface area (Å²) < 4.78 is 34.9. The van der Waals surface area contributed by atoms with E-state index in [2.05, 4.69) is 6.58 Å². The van der Waals surface area contributed by atoms with Crippen molar-refractivity contribution in [3.63, 3.8) is 0 Å². The zero-order valence-electron chi connectivity index (χ0n) is 18.4. The van der Waals surface area contributed by atoms with Crippen LogP contribution in [-0.2, 0) is 46.4 Å². The Labute approximate surface area is 188 Å². The van der Waals surface area contributed by atoms with Crippen LogP contribution in [0.3, 0.4) is 0 Å². The van der Waals surface area contributed by atoms with Crippen molar-refractivity contribution in [2.75, 3.05) is 20.8 Å².